The van der Waals surface area contributed by atoms with Gasteiger partial charge in [0.15, 0.2) is 0 Å². The SMILES string of the molecule is O=C(Cn1nc(-c2cccs2)oc1=O)N1CCN(C2CC2)CC1. The molecule has 4 rings (SSSR count). The lowest BCUT2D eigenvalue weighted by molar-refractivity contribution is -0.134. The van der Waals surface area contributed by atoms with E-state index < -0.39 is 5.76 Å². The fraction of sp³-hybridized carbons (Fsp3) is 0.533. The minimum atomic E-state index is -0.585. The Bertz CT molecular complexity index is 739. The Labute approximate surface area is 137 Å². The van der Waals surface area contributed by atoms with Crippen molar-refractivity contribution in [3.63, 3.8) is 0 Å². The van der Waals surface area contributed by atoms with Gasteiger partial charge in [-0.1, -0.05) is 6.07 Å². The summed E-state index contributed by atoms with van der Waals surface area (Å²) in [5.74, 6) is -0.386. The van der Waals surface area contributed by atoms with Crippen LogP contribution in [0.5, 0.6) is 0 Å². The van der Waals surface area contributed by atoms with Crippen molar-refractivity contribution in [1.29, 1.82) is 0 Å². The maximum Gasteiger partial charge on any atom is 0.437 e. The van der Waals surface area contributed by atoms with Crippen molar-refractivity contribution in [3.8, 4) is 10.8 Å². The molecule has 2 aliphatic rings. The molecule has 2 aromatic heterocycles. The fourth-order valence-electron chi connectivity index (χ4n) is 2.91. The van der Waals surface area contributed by atoms with E-state index in [4.69, 9.17) is 4.42 Å². The molecule has 0 aromatic carbocycles. The number of thiophene rings is 1. The normalized spacial score (nSPS) is 19.2. The first kappa shape index (κ1) is 14.6. The van der Waals surface area contributed by atoms with E-state index in [2.05, 4.69) is 10.00 Å². The fourth-order valence-corrected chi connectivity index (χ4v) is 3.55. The molecule has 0 radical (unpaired) electrons. The van der Waals surface area contributed by atoms with Crippen molar-refractivity contribution in [3.05, 3.63) is 28.1 Å². The molecule has 1 saturated heterocycles. The minimum Gasteiger partial charge on any atom is -0.387 e. The molecular formula is C15H18N4O3S. The maximum atomic E-state index is 12.4. The van der Waals surface area contributed by atoms with Crippen LogP contribution in [-0.4, -0.2) is 57.7 Å². The lowest BCUT2D eigenvalue weighted by Crippen LogP contribution is -2.50. The smallest absolute Gasteiger partial charge is 0.387 e. The summed E-state index contributed by atoms with van der Waals surface area (Å²) in [6.07, 6.45) is 2.57. The second-order valence-electron chi connectivity index (χ2n) is 5.96. The molecule has 23 heavy (non-hydrogen) atoms. The second-order valence-corrected chi connectivity index (χ2v) is 6.90. The number of carbonyl (C=O) groups is 1. The van der Waals surface area contributed by atoms with Gasteiger partial charge in [0.1, 0.15) is 6.54 Å². The van der Waals surface area contributed by atoms with Crippen LogP contribution in [0.3, 0.4) is 0 Å². The first-order valence-electron chi connectivity index (χ1n) is 7.84. The Morgan fingerprint density at radius 2 is 2.09 bits per heavy atom. The van der Waals surface area contributed by atoms with Gasteiger partial charge in [0.05, 0.1) is 4.88 Å². The molecule has 8 heteroatoms. The van der Waals surface area contributed by atoms with E-state index in [0.717, 1.165) is 41.8 Å². The second kappa shape index (κ2) is 5.93. The molecule has 1 aliphatic carbocycles. The molecule has 0 unspecified atom stereocenters. The van der Waals surface area contributed by atoms with Gasteiger partial charge >= 0.3 is 5.76 Å². The maximum absolute atomic E-state index is 12.4. The molecule has 7 nitrogen and oxygen atoms in total. The Balaban J connectivity index is 1.40. The number of rotatable bonds is 4. The van der Waals surface area contributed by atoms with Crippen LogP contribution in [0.2, 0.25) is 0 Å². The third kappa shape index (κ3) is 3.09. The highest BCUT2D eigenvalue weighted by Gasteiger charge is 2.32. The average Bonchev–Trinajstić information content (AvgIpc) is 3.14. The van der Waals surface area contributed by atoms with Gasteiger partial charge in [-0.05, 0) is 24.3 Å². The first-order valence-corrected chi connectivity index (χ1v) is 8.72. The molecule has 2 fully saturated rings. The lowest BCUT2D eigenvalue weighted by atomic mass is 10.3. The summed E-state index contributed by atoms with van der Waals surface area (Å²) in [6, 6.07) is 4.43. The van der Waals surface area contributed by atoms with Gasteiger partial charge in [0.2, 0.25) is 5.91 Å². The van der Waals surface area contributed by atoms with Crippen molar-refractivity contribution >= 4 is 17.2 Å². The molecule has 0 spiro atoms. The number of carbonyl (C=O) groups excluding carboxylic acids is 1. The highest BCUT2D eigenvalue weighted by Crippen LogP contribution is 2.27. The molecule has 1 amide bonds. The Hall–Kier alpha value is -1.93. The van der Waals surface area contributed by atoms with E-state index in [1.54, 1.807) is 0 Å². The van der Waals surface area contributed by atoms with E-state index >= 15 is 0 Å². The quantitative estimate of drug-likeness (QED) is 0.830. The molecule has 0 atom stereocenters. The van der Waals surface area contributed by atoms with Crippen LogP contribution >= 0.6 is 11.3 Å². The van der Waals surface area contributed by atoms with Crippen molar-refractivity contribution in [2.45, 2.75) is 25.4 Å². The zero-order valence-electron chi connectivity index (χ0n) is 12.7. The van der Waals surface area contributed by atoms with Gasteiger partial charge in [-0.3, -0.25) is 9.69 Å². The van der Waals surface area contributed by atoms with Crippen molar-refractivity contribution in [2.24, 2.45) is 0 Å². The molecule has 0 bridgehead atoms. The van der Waals surface area contributed by atoms with Gasteiger partial charge < -0.3 is 9.32 Å². The molecule has 1 aliphatic heterocycles. The predicted octanol–water partition coefficient (Wildman–Crippen LogP) is 0.871. The van der Waals surface area contributed by atoms with Crippen molar-refractivity contribution < 1.29 is 9.21 Å². The standard InChI is InChI=1S/C15H18N4O3S/c20-13(18-7-5-17(6-8-18)11-3-4-11)10-19-15(21)22-14(16-19)12-2-1-9-23-12/h1-2,9,11H,3-8,10H2. The van der Waals surface area contributed by atoms with E-state index in [0.29, 0.717) is 0 Å². The lowest BCUT2D eigenvalue weighted by Gasteiger charge is -2.34. The highest BCUT2D eigenvalue weighted by atomic mass is 32.1. The van der Waals surface area contributed by atoms with Crippen LogP contribution in [0.15, 0.2) is 26.7 Å². The van der Waals surface area contributed by atoms with E-state index in [1.807, 2.05) is 22.4 Å². The summed E-state index contributed by atoms with van der Waals surface area (Å²) >= 11 is 1.44. The van der Waals surface area contributed by atoms with Crippen LogP contribution < -0.4 is 5.76 Å². The van der Waals surface area contributed by atoms with E-state index in [-0.39, 0.29) is 18.3 Å². The summed E-state index contributed by atoms with van der Waals surface area (Å²) in [5, 5.41) is 6.02. The van der Waals surface area contributed by atoms with Crippen molar-refractivity contribution in [1.82, 2.24) is 19.6 Å². The van der Waals surface area contributed by atoms with Crippen LogP contribution in [0.1, 0.15) is 12.8 Å². The van der Waals surface area contributed by atoms with Gasteiger partial charge in [0.25, 0.3) is 5.89 Å². The summed E-state index contributed by atoms with van der Waals surface area (Å²) < 4.78 is 6.25. The third-order valence-corrected chi connectivity index (χ3v) is 5.21. The molecule has 2 aromatic rings. The largest absolute Gasteiger partial charge is 0.437 e. The first-order chi connectivity index (χ1) is 11.2. The van der Waals surface area contributed by atoms with E-state index in [9.17, 15) is 9.59 Å². The Morgan fingerprint density at radius 1 is 1.30 bits per heavy atom. The number of nitrogens with zero attached hydrogens (tertiary/aromatic N) is 4. The molecular weight excluding hydrogens is 316 g/mol. The summed E-state index contributed by atoms with van der Waals surface area (Å²) in [7, 11) is 0. The molecule has 3 heterocycles. The topological polar surface area (TPSA) is 71.6 Å². The molecule has 1 saturated carbocycles. The third-order valence-electron chi connectivity index (χ3n) is 4.35. The van der Waals surface area contributed by atoms with Gasteiger partial charge in [-0.15, -0.1) is 16.4 Å². The predicted molar refractivity (Wildman–Crippen MR) is 85.3 cm³/mol. The van der Waals surface area contributed by atoms with Gasteiger partial charge in [-0.2, -0.15) is 4.68 Å². The zero-order chi connectivity index (χ0) is 15.8. The minimum absolute atomic E-state index is 0.0584. The van der Waals surface area contributed by atoms with Crippen LogP contribution in [0.25, 0.3) is 10.8 Å². The zero-order valence-corrected chi connectivity index (χ0v) is 13.5. The van der Waals surface area contributed by atoms with Crippen LogP contribution in [0.4, 0.5) is 0 Å². The number of hydrogen-bond donors (Lipinski definition) is 0. The Kier molecular flexibility index (Phi) is 3.78. The van der Waals surface area contributed by atoms with Crippen LogP contribution in [-0.2, 0) is 11.3 Å². The average molecular weight is 334 g/mol. The Morgan fingerprint density at radius 3 is 2.74 bits per heavy atom. The van der Waals surface area contributed by atoms with E-state index in [1.165, 1.54) is 24.2 Å². The number of aromatic nitrogens is 2. The molecule has 122 valence electrons. The highest BCUT2D eigenvalue weighted by molar-refractivity contribution is 7.13. The number of hydrogen-bond acceptors (Lipinski definition) is 6. The van der Waals surface area contributed by atoms with Crippen LogP contribution in [0, 0.1) is 0 Å². The number of piperazine rings is 1. The molecule has 0 N–H and O–H groups in total. The summed E-state index contributed by atoms with van der Waals surface area (Å²) in [5.41, 5.74) is 0. The monoisotopic (exact) mass is 334 g/mol. The van der Waals surface area contributed by atoms with Crippen molar-refractivity contribution in [2.75, 3.05) is 26.2 Å². The van der Waals surface area contributed by atoms with Gasteiger partial charge in [0, 0.05) is 32.2 Å². The number of amides is 1. The summed E-state index contributed by atoms with van der Waals surface area (Å²) in [4.78, 5) is 29.3. The van der Waals surface area contributed by atoms with Gasteiger partial charge in [-0.25, -0.2) is 4.79 Å². The summed E-state index contributed by atoms with van der Waals surface area (Å²) in [6.45, 7) is 3.23.